The average Bonchev–Trinajstić information content (AvgIpc) is 1.37. The SMILES string of the molecule is CCSN.Cl. The zero-order chi connectivity index (χ0) is 3.41. The molecular formula is C2H8ClNS. The van der Waals surface area contributed by atoms with Crippen LogP contribution in [0.1, 0.15) is 6.92 Å². The molecule has 0 bridgehead atoms. The summed E-state index contributed by atoms with van der Waals surface area (Å²) in [5, 5.41) is 4.94. The van der Waals surface area contributed by atoms with Crippen LogP contribution in [0.15, 0.2) is 0 Å². The summed E-state index contributed by atoms with van der Waals surface area (Å²) in [6.07, 6.45) is 0. The van der Waals surface area contributed by atoms with Crippen LogP contribution in [0.4, 0.5) is 0 Å². The maximum Gasteiger partial charge on any atom is 0.00480 e. The zero-order valence-electron chi connectivity index (χ0n) is 3.10. The molecule has 0 aromatic carbocycles. The average molecular weight is 114 g/mol. The highest BCUT2D eigenvalue weighted by Gasteiger charge is 1.55. The van der Waals surface area contributed by atoms with Crippen LogP contribution >= 0.6 is 24.4 Å². The van der Waals surface area contributed by atoms with Crippen LogP contribution in [0.25, 0.3) is 0 Å². The molecule has 0 aromatic rings. The highest BCUT2D eigenvalue weighted by Crippen LogP contribution is 1.76. The van der Waals surface area contributed by atoms with E-state index in [0.717, 1.165) is 5.75 Å². The Labute approximate surface area is 42.9 Å². The van der Waals surface area contributed by atoms with Crippen LogP contribution in [-0.4, -0.2) is 5.75 Å². The van der Waals surface area contributed by atoms with Crippen LogP contribution in [0, 0.1) is 0 Å². The van der Waals surface area contributed by atoms with Crippen molar-refractivity contribution in [3.05, 3.63) is 0 Å². The molecular weight excluding hydrogens is 106 g/mol. The van der Waals surface area contributed by atoms with Crippen molar-refractivity contribution < 1.29 is 0 Å². The monoisotopic (exact) mass is 113 g/mol. The Bertz CT molecular complexity index is 11.6. The van der Waals surface area contributed by atoms with Crippen LogP contribution < -0.4 is 5.14 Å². The molecule has 2 N–H and O–H groups in total. The number of nitrogens with two attached hydrogens (primary N) is 1. The lowest BCUT2D eigenvalue weighted by atomic mass is 11.0. The van der Waals surface area contributed by atoms with Gasteiger partial charge >= 0.3 is 0 Å². The molecule has 0 saturated carbocycles. The van der Waals surface area contributed by atoms with Gasteiger partial charge in [-0.3, -0.25) is 5.14 Å². The minimum atomic E-state index is 0. The Morgan fingerprint density at radius 2 is 2.00 bits per heavy atom. The van der Waals surface area contributed by atoms with E-state index in [1.807, 2.05) is 6.92 Å². The third-order valence-electron chi connectivity index (χ3n) is 0.167. The molecule has 0 fully saturated rings. The number of halogens is 1. The van der Waals surface area contributed by atoms with Gasteiger partial charge in [0, 0.05) is 5.75 Å². The van der Waals surface area contributed by atoms with Gasteiger partial charge in [-0.05, 0) is 0 Å². The zero-order valence-corrected chi connectivity index (χ0v) is 4.73. The smallest absolute Gasteiger partial charge is 0.00480 e. The molecule has 0 spiro atoms. The molecule has 0 aliphatic heterocycles. The molecule has 0 heterocycles. The highest BCUT2D eigenvalue weighted by molar-refractivity contribution is 7.97. The van der Waals surface area contributed by atoms with Crippen LogP contribution in [0.3, 0.4) is 0 Å². The fraction of sp³-hybridized carbons (Fsp3) is 1.00. The maximum absolute atomic E-state index is 4.94. The lowest BCUT2D eigenvalue weighted by molar-refractivity contribution is 1.52. The van der Waals surface area contributed by atoms with E-state index >= 15 is 0 Å². The largest absolute Gasteiger partial charge is 0.278 e. The van der Waals surface area contributed by atoms with Crippen molar-refractivity contribution in [2.45, 2.75) is 6.92 Å². The summed E-state index contributed by atoms with van der Waals surface area (Å²) < 4.78 is 0. The van der Waals surface area contributed by atoms with Crippen molar-refractivity contribution in [2.24, 2.45) is 5.14 Å². The van der Waals surface area contributed by atoms with Crippen LogP contribution in [0.2, 0.25) is 0 Å². The quantitative estimate of drug-likeness (QED) is 0.515. The van der Waals surface area contributed by atoms with Crippen LogP contribution in [-0.2, 0) is 0 Å². The summed E-state index contributed by atoms with van der Waals surface area (Å²) in [6, 6.07) is 0. The molecule has 0 radical (unpaired) electrons. The van der Waals surface area contributed by atoms with Crippen molar-refractivity contribution in [2.75, 3.05) is 5.75 Å². The molecule has 3 heteroatoms. The second-order valence-corrected chi connectivity index (χ2v) is 1.37. The van der Waals surface area contributed by atoms with Crippen molar-refractivity contribution in [3.63, 3.8) is 0 Å². The van der Waals surface area contributed by atoms with Gasteiger partial charge in [0.2, 0.25) is 0 Å². The van der Waals surface area contributed by atoms with Gasteiger partial charge in [-0.15, -0.1) is 12.4 Å². The molecule has 0 atom stereocenters. The van der Waals surface area contributed by atoms with E-state index in [1.165, 1.54) is 11.9 Å². The lowest BCUT2D eigenvalue weighted by Gasteiger charge is -1.70. The molecule has 0 unspecified atom stereocenters. The first-order chi connectivity index (χ1) is 1.91. The Hall–Kier alpha value is 0.600. The molecule has 1 nitrogen and oxygen atoms in total. The molecule has 0 aliphatic carbocycles. The summed E-state index contributed by atoms with van der Waals surface area (Å²) in [4.78, 5) is 0. The van der Waals surface area contributed by atoms with Crippen molar-refractivity contribution >= 4 is 24.4 Å². The number of rotatable bonds is 1. The molecule has 0 saturated heterocycles. The molecule has 0 aromatic heterocycles. The normalized spacial score (nSPS) is 6.00. The third-order valence-corrected chi connectivity index (χ3v) is 0.500. The molecule has 0 aliphatic rings. The van der Waals surface area contributed by atoms with Gasteiger partial charge in [-0.1, -0.05) is 18.9 Å². The van der Waals surface area contributed by atoms with Gasteiger partial charge < -0.3 is 0 Å². The van der Waals surface area contributed by atoms with Crippen molar-refractivity contribution in [3.8, 4) is 0 Å². The standard InChI is InChI=1S/C2H7NS.ClH/c1-2-4-3;/h2-3H2,1H3;1H. The van der Waals surface area contributed by atoms with Gasteiger partial charge in [0.25, 0.3) is 0 Å². The first-order valence-electron chi connectivity index (χ1n) is 1.23. The summed E-state index contributed by atoms with van der Waals surface area (Å²) in [7, 11) is 0. The highest BCUT2D eigenvalue weighted by atomic mass is 35.5. The van der Waals surface area contributed by atoms with E-state index in [9.17, 15) is 0 Å². The van der Waals surface area contributed by atoms with Gasteiger partial charge in [-0.2, -0.15) is 0 Å². The van der Waals surface area contributed by atoms with E-state index in [2.05, 4.69) is 0 Å². The fourth-order valence-corrected chi connectivity index (χ4v) is 0. The number of hydrogen-bond acceptors (Lipinski definition) is 2. The Morgan fingerprint density at radius 1 is 1.80 bits per heavy atom. The molecule has 5 heavy (non-hydrogen) atoms. The van der Waals surface area contributed by atoms with Gasteiger partial charge in [0.15, 0.2) is 0 Å². The second-order valence-electron chi connectivity index (χ2n) is 0.455. The third kappa shape index (κ3) is 12.1. The minimum absolute atomic E-state index is 0. The Kier molecular flexibility index (Phi) is 16.1. The van der Waals surface area contributed by atoms with Gasteiger partial charge in [0.05, 0.1) is 0 Å². The van der Waals surface area contributed by atoms with Crippen molar-refractivity contribution in [1.82, 2.24) is 0 Å². The van der Waals surface area contributed by atoms with Gasteiger partial charge in [-0.25, -0.2) is 0 Å². The van der Waals surface area contributed by atoms with E-state index in [0.29, 0.717) is 0 Å². The second kappa shape index (κ2) is 8.82. The summed E-state index contributed by atoms with van der Waals surface area (Å²) in [5.41, 5.74) is 0. The van der Waals surface area contributed by atoms with E-state index < -0.39 is 0 Å². The van der Waals surface area contributed by atoms with Gasteiger partial charge in [0.1, 0.15) is 0 Å². The predicted octanol–water partition coefficient (Wildman–Crippen LogP) is 1.03. The van der Waals surface area contributed by atoms with E-state index in [-0.39, 0.29) is 12.4 Å². The Morgan fingerprint density at radius 3 is 2.00 bits per heavy atom. The van der Waals surface area contributed by atoms with E-state index in [4.69, 9.17) is 5.14 Å². The fourth-order valence-electron chi connectivity index (χ4n) is 0. The first-order valence-corrected chi connectivity index (χ1v) is 2.28. The lowest BCUT2D eigenvalue weighted by Crippen LogP contribution is -1.74. The van der Waals surface area contributed by atoms with E-state index in [1.54, 1.807) is 0 Å². The minimum Gasteiger partial charge on any atom is -0.278 e. The summed E-state index contributed by atoms with van der Waals surface area (Å²) >= 11 is 1.36. The first kappa shape index (κ1) is 9.14. The number of hydrogen-bond donors (Lipinski definition) is 1. The Balaban J connectivity index is 0. The van der Waals surface area contributed by atoms with Crippen molar-refractivity contribution in [1.29, 1.82) is 0 Å². The van der Waals surface area contributed by atoms with Crippen LogP contribution in [0.5, 0.6) is 0 Å². The summed E-state index contributed by atoms with van der Waals surface area (Å²) in [6.45, 7) is 2.02. The predicted molar refractivity (Wildman–Crippen MR) is 29.6 cm³/mol. The molecule has 0 amide bonds. The topological polar surface area (TPSA) is 26.0 Å². The molecule has 0 rings (SSSR count). The molecule has 34 valence electrons. The summed E-state index contributed by atoms with van der Waals surface area (Å²) in [5.74, 6) is 1.01. The maximum atomic E-state index is 4.94.